The number of aryl methyl sites for hydroxylation is 1. The smallest absolute Gasteiger partial charge is 0.380 e. The Morgan fingerprint density at radius 1 is 1.21 bits per heavy atom. The van der Waals surface area contributed by atoms with Crippen molar-refractivity contribution in [2.45, 2.75) is 44.0 Å². The first kappa shape index (κ1) is 27.2. The average Bonchev–Trinajstić information content (AvgIpc) is 3.55. The molecule has 1 unspecified atom stereocenters. The Balaban J connectivity index is 1.41. The predicted molar refractivity (Wildman–Crippen MR) is 142 cm³/mol. The van der Waals surface area contributed by atoms with Gasteiger partial charge < -0.3 is 25.2 Å². The molecule has 2 aromatic carbocycles. The van der Waals surface area contributed by atoms with Crippen molar-refractivity contribution in [1.82, 2.24) is 14.9 Å². The zero-order chi connectivity index (χ0) is 27.4. The number of amides is 1. The number of benzene rings is 2. The summed E-state index contributed by atoms with van der Waals surface area (Å²) in [5, 5.41) is 16.7. The molecule has 1 saturated carbocycles. The zero-order valence-corrected chi connectivity index (χ0v) is 22.6. The van der Waals surface area contributed by atoms with Crippen LogP contribution in [0.1, 0.15) is 31.2 Å². The maximum absolute atomic E-state index is 13.4. The van der Waals surface area contributed by atoms with Crippen LogP contribution >= 0.6 is 34.8 Å². The van der Waals surface area contributed by atoms with E-state index in [-0.39, 0.29) is 24.5 Å². The number of nitrogens with one attached hydrogen (secondary N) is 2. The molecular formula is C25H25Cl3F3N5O2. The van der Waals surface area contributed by atoms with Gasteiger partial charge in [-0.3, -0.25) is 4.79 Å². The molecule has 3 aromatic rings. The Labute approximate surface area is 231 Å². The molecule has 1 atom stereocenters. The Bertz CT molecular complexity index is 1410. The van der Waals surface area contributed by atoms with E-state index in [1.807, 2.05) is 0 Å². The van der Waals surface area contributed by atoms with Gasteiger partial charge in [0.1, 0.15) is 5.60 Å². The summed E-state index contributed by atoms with van der Waals surface area (Å²) >= 11 is 19.5. The molecule has 0 radical (unpaired) electrons. The molecule has 5 rings (SSSR count). The van der Waals surface area contributed by atoms with Crippen LogP contribution in [0.25, 0.3) is 11.0 Å². The first-order valence-corrected chi connectivity index (χ1v) is 13.2. The van der Waals surface area contributed by atoms with Crippen LogP contribution in [0, 0.1) is 5.92 Å². The molecule has 13 heteroatoms. The summed E-state index contributed by atoms with van der Waals surface area (Å²) in [6.45, 7) is 0.429. The molecule has 204 valence electrons. The van der Waals surface area contributed by atoms with E-state index in [9.17, 15) is 23.1 Å². The molecule has 38 heavy (non-hydrogen) atoms. The molecule has 1 aliphatic carbocycles. The van der Waals surface area contributed by atoms with Crippen LogP contribution < -0.4 is 15.5 Å². The van der Waals surface area contributed by atoms with Crippen molar-refractivity contribution in [2.75, 3.05) is 23.3 Å². The van der Waals surface area contributed by atoms with E-state index in [0.29, 0.717) is 69.8 Å². The fourth-order valence-electron chi connectivity index (χ4n) is 4.66. The molecular weight excluding hydrogens is 566 g/mol. The minimum absolute atomic E-state index is 0.0993. The minimum Gasteiger partial charge on any atom is -0.380 e. The number of aliphatic hydroxyl groups is 1. The summed E-state index contributed by atoms with van der Waals surface area (Å²) in [6.07, 6.45) is -2.88. The van der Waals surface area contributed by atoms with Gasteiger partial charge in [-0.25, -0.2) is 4.98 Å². The van der Waals surface area contributed by atoms with Crippen LogP contribution in [0.2, 0.25) is 15.1 Å². The van der Waals surface area contributed by atoms with E-state index in [1.165, 1.54) is 0 Å². The van der Waals surface area contributed by atoms with Crippen LogP contribution in [0.4, 0.5) is 30.5 Å². The van der Waals surface area contributed by atoms with E-state index in [2.05, 4.69) is 15.6 Å². The number of fused-ring (bicyclic) bond motifs is 1. The third kappa shape index (κ3) is 5.23. The quantitative estimate of drug-likeness (QED) is 0.319. The van der Waals surface area contributed by atoms with Gasteiger partial charge in [0.15, 0.2) is 0 Å². The number of piperidine rings is 1. The van der Waals surface area contributed by atoms with Crippen LogP contribution in [0.5, 0.6) is 0 Å². The monoisotopic (exact) mass is 589 g/mol. The van der Waals surface area contributed by atoms with Gasteiger partial charge in [-0.05, 0) is 49.4 Å². The number of hydrogen-bond donors (Lipinski definition) is 3. The van der Waals surface area contributed by atoms with Gasteiger partial charge in [0.2, 0.25) is 5.95 Å². The second-order valence-corrected chi connectivity index (χ2v) is 11.0. The maximum Gasteiger partial charge on any atom is 0.393 e. The van der Waals surface area contributed by atoms with Crippen molar-refractivity contribution < 1.29 is 23.1 Å². The number of imidazole rings is 1. The summed E-state index contributed by atoms with van der Waals surface area (Å²) in [7, 11) is 1.76. The van der Waals surface area contributed by atoms with Crippen LogP contribution in [-0.4, -0.2) is 45.4 Å². The highest BCUT2D eigenvalue weighted by molar-refractivity contribution is 6.39. The van der Waals surface area contributed by atoms with Crippen molar-refractivity contribution >= 4 is 69.1 Å². The number of alkyl halides is 3. The summed E-state index contributed by atoms with van der Waals surface area (Å²) in [4.78, 5) is 18.4. The molecule has 1 saturated heterocycles. The summed E-state index contributed by atoms with van der Waals surface area (Å²) in [5.74, 6) is -1.46. The topological polar surface area (TPSA) is 82.4 Å². The van der Waals surface area contributed by atoms with E-state index in [1.54, 1.807) is 40.8 Å². The third-order valence-corrected chi connectivity index (χ3v) is 8.22. The summed E-state index contributed by atoms with van der Waals surface area (Å²) in [6, 6.07) is 6.69. The van der Waals surface area contributed by atoms with Crippen molar-refractivity contribution in [3.63, 3.8) is 0 Å². The lowest BCUT2D eigenvalue weighted by atomic mass is 9.97. The van der Waals surface area contributed by atoms with Gasteiger partial charge in [0.25, 0.3) is 5.91 Å². The third-order valence-electron chi connectivity index (χ3n) is 7.17. The van der Waals surface area contributed by atoms with Gasteiger partial charge in [-0.1, -0.05) is 40.9 Å². The lowest BCUT2D eigenvalue weighted by Crippen LogP contribution is -2.41. The molecule has 7 nitrogen and oxygen atoms in total. The molecule has 0 bridgehead atoms. The van der Waals surface area contributed by atoms with Gasteiger partial charge in [0.05, 0.1) is 43.4 Å². The molecule has 1 amide bonds. The highest BCUT2D eigenvalue weighted by Gasteiger charge is 2.48. The number of carbonyl (C=O) groups is 1. The second-order valence-electron chi connectivity index (χ2n) is 9.85. The largest absolute Gasteiger partial charge is 0.393 e. The normalized spacial score (nSPS) is 19.1. The van der Waals surface area contributed by atoms with Gasteiger partial charge in [-0.15, -0.1) is 0 Å². The van der Waals surface area contributed by atoms with E-state index in [4.69, 9.17) is 34.8 Å². The minimum atomic E-state index is -4.26. The Morgan fingerprint density at radius 3 is 2.63 bits per heavy atom. The first-order chi connectivity index (χ1) is 17.9. The Morgan fingerprint density at radius 2 is 1.95 bits per heavy atom. The predicted octanol–water partition coefficient (Wildman–Crippen LogP) is 6.20. The van der Waals surface area contributed by atoms with E-state index in [0.717, 1.165) is 0 Å². The lowest BCUT2D eigenvalue weighted by Gasteiger charge is -2.35. The number of aromatic nitrogens is 2. The Hall–Kier alpha value is -2.40. The SMILES string of the molecule is Cn1c(Nc2c(Cl)ccc(CNC(=O)C3(O)CC3)c2Cl)nc2cc(Cl)c(N3CCCC(C(F)(F)F)C3)cc21. The molecule has 2 fully saturated rings. The molecule has 2 heterocycles. The molecule has 1 aromatic heterocycles. The fraction of sp³-hybridized carbons (Fsp3) is 0.440. The molecule has 0 spiro atoms. The van der Waals surface area contributed by atoms with Gasteiger partial charge >= 0.3 is 6.18 Å². The van der Waals surface area contributed by atoms with Crippen molar-refractivity contribution in [2.24, 2.45) is 13.0 Å². The van der Waals surface area contributed by atoms with Crippen molar-refractivity contribution in [3.8, 4) is 0 Å². The number of rotatable bonds is 6. The zero-order valence-electron chi connectivity index (χ0n) is 20.3. The number of nitrogens with zero attached hydrogens (tertiary/aromatic N) is 3. The van der Waals surface area contributed by atoms with Crippen LogP contribution in [0.15, 0.2) is 24.3 Å². The first-order valence-electron chi connectivity index (χ1n) is 12.1. The summed E-state index contributed by atoms with van der Waals surface area (Å²) in [5.41, 5.74) is 1.39. The van der Waals surface area contributed by atoms with E-state index >= 15 is 0 Å². The average molecular weight is 591 g/mol. The number of anilines is 3. The highest BCUT2D eigenvalue weighted by atomic mass is 35.5. The van der Waals surface area contributed by atoms with E-state index < -0.39 is 23.6 Å². The number of halogens is 6. The molecule has 2 aliphatic rings. The lowest BCUT2D eigenvalue weighted by molar-refractivity contribution is -0.176. The summed E-state index contributed by atoms with van der Waals surface area (Å²) < 4.78 is 41.8. The van der Waals surface area contributed by atoms with Crippen LogP contribution in [0.3, 0.4) is 0 Å². The second kappa shape index (κ2) is 9.97. The van der Waals surface area contributed by atoms with Crippen molar-refractivity contribution in [3.05, 3.63) is 44.9 Å². The number of hydrogen-bond acceptors (Lipinski definition) is 5. The highest BCUT2D eigenvalue weighted by Crippen LogP contribution is 2.40. The number of carbonyl (C=O) groups excluding carboxylic acids is 1. The standard InChI is InChI=1S/C25H25Cl3F3N5O2/c1-35-19-10-18(36-8-2-3-14(12-36)25(29,30)31)16(27)9-17(19)33-23(35)34-21-15(26)5-4-13(20(21)28)11-32-22(37)24(38)6-7-24/h4-5,9-10,14,38H,2-3,6-8,11-12H2,1H3,(H,32,37)(H,33,34). The van der Waals surface area contributed by atoms with Crippen molar-refractivity contribution in [1.29, 1.82) is 0 Å². The fourth-order valence-corrected chi connectivity index (χ4v) is 5.47. The maximum atomic E-state index is 13.4. The molecule has 3 N–H and O–H groups in total. The van der Waals surface area contributed by atoms with Crippen LogP contribution in [-0.2, 0) is 18.4 Å². The Kier molecular flexibility index (Phi) is 7.13. The van der Waals surface area contributed by atoms with Gasteiger partial charge in [0, 0.05) is 26.7 Å². The molecule has 1 aliphatic heterocycles. The van der Waals surface area contributed by atoms with Gasteiger partial charge in [-0.2, -0.15) is 13.2 Å².